The summed E-state index contributed by atoms with van der Waals surface area (Å²) in [6.07, 6.45) is 5.11. The maximum Gasteiger partial charge on any atom is 0.222 e. The Morgan fingerprint density at radius 2 is 2.05 bits per heavy atom. The standard InChI is InChI=1S/C13H23N5O/c1-10-11(13(15-14)17(2)16-10)9-18-8-6-4-3-5-7-12(18)19/h15H,3-9,14H2,1-2H3. The zero-order valence-corrected chi connectivity index (χ0v) is 11.8. The second-order valence-electron chi connectivity index (χ2n) is 5.16. The average molecular weight is 265 g/mol. The number of nitrogens with one attached hydrogen (secondary N) is 1. The van der Waals surface area contributed by atoms with E-state index in [1.807, 2.05) is 18.9 Å². The van der Waals surface area contributed by atoms with Crippen LogP contribution in [0.5, 0.6) is 0 Å². The second-order valence-corrected chi connectivity index (χ2v) is 5.16. The Kier molecular flexibility index (Phi) is 4.42. The first kappa shape index (κ1) is 13.9. The Morgan fingerprint density at radius 3 is 2.79 bits per heavy atom. The van der Waals surface area contributed by atoms with Crippen molar-refractivity contribution in [2.45, 2.75) is 45.6 Å². The Bertz CT molecular complexity index is 454. The molecule has 1 aromatic heterocycles. The fraction of sp³-hybridized carbons (Fsp3) is 0.692. The molecule has 0 atom stereocenters. The number of nitrogen functional groups attached to an aromatic ring is 1. The molecule has 6 heteroatoms. The van der Waals surface area contributed by atoms with Crippen molar-refractivity contribution in [3.05, 3.63) is 11.3 Å². The van der Waals surface area contributed by atoms with Crippen molar-refractivity contribution in [3.8, 4) is 0 Å². The van der Waals surface area contributed by atoms with Crippen LogP contribution < -0.4 is 11.3 Å². The molecule has 19 heavy (non-hydrogen) atoms. The van der Waals surface area contributed by atoms with Gasteiger partial charge in [-0.3, -0.25) is 9.48 Å². The lowest BCUT2D eigenvalue weighted by Crippen LogP contribution is -2.33. The van der Waals surface area contributed by atoms with Crippen molar-refractivity contribution in [2.75, 3.05) is 12.0 Å². The summed E-state index contributed by atoms with van der Waals surface area (Å²) in [6, 6.07) is 0. The number of hydrazine groups is 1. The molecule has 0 unspecified atom stereocenters. The highest BCUT2D eigenvalue weighted by Gasteiger charge is 2.20. The first-order valence-electron chi connectivity index (χ1n) is 6.90. The molecule has 3 N–H and O–H groups in total. The van der Waals surface area contributed by atoms with E-state index in [1.54, 1.807) is 4.68 Å². The summed E-state index contributed by atoms with van der Waals surface area (Å²) in [5.41, 5.74) is 4.61. The summed E-state index contributed by atoms with van der Waals surface area (Å²) in [5, 5.41) is 4.35. The first-order chi connectivity index (χ1) is 9.13. The van der Waals surface area contributed by atoms with Crippen molar-refractivity contribution >= 4 is 11.7 Å². The summed E-state index contributed by atoms with van der Waals surface area (Å²) in [6.45, 7) is 3.37. The molecule has 0 aliphatic carbocycles. The minimum atomic E-state index is 0.242. The minimum Gasteiger partial charge on any atom is -0.338 e. The monoisotopic (exact) mass is 265 g/mol. The Hall–Kier alpha value is -1.56. The van der Waals surface area contributed by atoms with Crippen molar-refractivity contribution in [2.24, 2.45) is 12.9 Å². The molecule has 2 rings (SSSR count). The third kappa shape index (κ3) is 3.07. The van der Waals surface area contributed by atoms with E-state index in [2.05, 4.69) is 10.5 Å². The van der Waals surface area contributed by atoms with Gasteiger partial charge in [0.15, 0.2) is 0 Å². The largest absolute Gasteiger partial charge is 0.338 e. The molecule has 0 saturated carbocycles. The molecule has 106 valence electrons. The number of hydrogen-bond donors (Lipinski definition) is 2. The summed E-state index contributed by atoms with van der Waals surface area (Å²) >= 11 is 0. The Balaban J connectivity index is 2.16. The predicted molar refractivity (Wildman–Crippen MR) is 74.3 cm³/mol. The molecular formula is C13H23N5O. The van der Waals surface area contributed by atoms with Gasteiger partial charge in [0.05, 0.1) is 12.2 Å². The van der Waals surface area contributed by atoms with Crippen LogP contribution in [-0.2, 0) is 18.4 Å². The van der Waals surface area contributed by atoms with Crippen molar-refractivity contribution in [3.63, 3.8) is 0 Å². The summed E-state index contributed by atoms with van der Waals surface area (Å²) in [5.74, 6) is 6.57. The van der Waals surface area contributed by atoms with Crippen LogP contribution in [0.2, 0.25) is 0 Å². The number of nitrogens with two attached hydrogens (primary N) is 1. The first-order valence-corrected chi connectivity index (χ1v) is 6.90. The highest BCUT2D eigenvalue weighted by atomic mass is 16.2. The van der Waals surface area contributed by atoms with Crippen LogP contribution in [0.25, 0.3) is 0 Å². The van der Waals surface area contributed by atoms with Crippen LogP contribution in [0.15, 0.2) is 0 Å². The molecule has 2 heterocycles. The van der Waals surface area contributed by atoms with E-state index in [0.717, 1.165) is 36.5 Å². The third-order valence-corrected chi connectivity index (χ3v) is 3.75. The van der Waals surface area contributed by atoms with E-state index >= 15 is 0 Å². The fourth-order valence-electron chi connectivity index (χ4n) is 2.65. The molecular weight excluding hydrogens is 242 g/mol. The number of nitrogens with zero attached hydrogens (tertiary/aromatic N) is 3. The third-order valence-electron chi connectivity index (χ3n) is 3.75. The van der Waals surface area contributed by atoms with Gasteiger partial charge < -0.3 is 10.3 Å². The van der Waals surface area contributed by atoms with Gasteiger partial charge in [-0.1, -0.05) is 12.8 Å². The predicted octanol–water partition coefficient (Wildman–Crippen LogP) is 1.31. The zero-order valence-electron chi connectivity index (χ0n) is 11.8. The number of carbonyl (C=O) groups excluding carboxylic acids is 1. The van der Waals surface area contributed by atoms with E-state index in [4.69, 9.17) is 5.84 Å². The Labute approximate surface area is 113 Å². The van der Waals surface area contributed by atoms with Crippen LogP contribution in [-0.4, -0.2) is 27.1 Å². The van der Waals surface area contributed by atoms with Crippen LogP contribution >= 0.6 is 0 Å². The van der Waals surface area contributed by atoms with E-state index in [0.29, 0.717) is 13.0 Å². The lowest BCUT2D eigenvalue weighted by molar-refractivity contribution is -0.132. The summed E-state index contributed by atoms with van der Waals surface area (Å²) in [4.78, 5) is 14.1. The highest BCUT2D eigenvalue weighted by molar-refractivity contribution is 5.76. The fourth-order valence-corrected chi connectivity index (χ4v) is 2.65. The number of anilines is 1. The van der Waals surface area contributed by atoms with Gasteiger partial charge in [0, 0.05) is 25.6 Å². The van der Waals surface area contributed by atoms with E-state index in [-0.39, 0.29) is 5.91 Å². The van der Waals surface area contributed by atoms with E-state index < -0.39 is 0 Å². The normalized spacial score (nSPS) is 17.2. The smallest absolute Gasteiger partial charge is 0.222 e. The molecule has 1 fully saturated rings. The molecule has 6 nitrogen and oxygen atoms in total. The average Bonchev–Trinajstić information content (AvgIpc) is 2.63. The van der Waals surface area contributed by atoms with Crippen molar-refractivity contribution in [1.29, 1.82) is 0 Å². The lowest BCUT2D eigenvalue weighted by Gasteiger charge is -2.25. The van der Waals surface area contributed by atoms with Crippen LogP contribution in [0, 0.1) is 6.92 Å². The molecule has 1 saturated heterocycles. The number of hydrogen-bond acceptors (Lipinski definition) is 4. The Morgan fingerprint density at radius 1 is 1.32 bits per heavy atom. The van der Waals surface area contributed by atoms with Gasteiger partial charge in [0.25, 0.3) is 0 Å². The zero-order chi connectivity index (χ0) is 13.8. The van der Waals surface area contributed by atoms with Crippen LogP contribution in [0.3, 0.4) is 0 Å². The highest BCUT2D eigenvalue weighted by Crippen LogP contribution is 2.22. The van der Waals surface area contributed by atoms with Gasteiger partial charge in [-0.2, -0.15) is 5.10 Å². The maximum atomic E-state index is 12.1. The molecule has 1 amide bonds. The van der Waals surface area contributed by atoms with Crippen molar-refractivity contribution < 1.29 is 4.79 Å². The van der Waals surface area contributed by atoms with Gasteiger partial charge in [0.1, 0.15) is 5.82 Å². The number of rotatable bonds is 3. The lowest BCUT2D eigenvalue weighted by atomic mass is 10.1. The summed E-state index contributed by atoms with van der Waals surface area (Å²) in [7, 11) is 1.85. The molecule has 0 bridgehead atoms. The quantitative estimate of drug-likeness (QED) is 0.638. The molecule has 1 aliphatic rings. The number of amides is 1. The SMILES string of the molecule is Cc1nn(C)c(NN)c1CN1CCCCCCC1=O. The van der Waals surface area contributed by atoms with E-state index in [9.17, 15) is 4.79 Å². The molecule has 1 aliphatic heterocycles. The van der Waals surface area contributed by atoms with Crippen molar-refractivity contribution in [1.82, 2.24) is 14.7 Å². The second kappa shape index (κ2) is 6.06. The minimum absolute atomic E-state index is 0.242. The van der Waals surface area contributed by atoms with Crippen LogP contribution in [0.4, 0.5) is 5.82 Å². The van der Waals surface area contributed by atoms with Gasteiger partial charge >= 0.3 is 0 Å². The van der Waals surface area contributed by atoms with Crippen LogP contribution in [0.1, 0.15) is 43.4 Å². The number of aromatic nitrogens is 2. The number of carbonyl (C=O) groups is 1. The number of aryl methyl sites for hydroxylation is 2. The van der Waals surface area contributed by atoms with Gasteiger partial charge in [-0.05, 0) is 19.8 Å². The number of likely N-dealkylation sites (tertiary alicyclic amines) is 1. The molecule has 1 aromatic rings. The topological polar surface area (TPSA) is 76.2 Å². The van der Waals surface area contributed by atoms with Gasteiger partial charge in [-0.15, -0.1) is 0 Å². The molecule has 0 radical (unpaired) electrons. The summed E-state index contributed by atoms with van der Waals surface area (Å²) < 4.78 is 1.72. The van der Waals surface area contributed by atoms with Gasteiger partial charge in [-0.25, -0.2) is 5.84 Å². The van der Waals surface area contributed by atoms with E-state index in [1.165, 1.54) is 12.8 Å². The molecule has 0 spiro atoms. The molecule has 0 aromatic carbocycles. The maximum absolute atomic E-state index is 12.1. The van der Waals surface area contributed by atoms with Gasteiger partial charge in [0.2, 0.25) is 5.91 Å².